The highest BCUT2D eigenvalue weighted by atomic mass is 32.1. The lowest BCUT2D eigenvalue weighted by Crippen LogP contribution is -2.37. The predicted octanol–water partition coefficient (Wildman–Crippen LogP) is 4.74. The van der Waals surface area contributed by atoms with Crippen LogP contribution in [-0.4, -0.2) is 42.2 Å². The van der Waals surface area contributed by atoms with Gasteiger partial charge in [0.15, 0.2) is 10.1 Å². The minimum atomic E-state index is -0.139. The van der Waals surface area contributed by atoms with E-state index in [9.17, 15) is 4.79 Å². The van der Waals surface area contributed by atoms with Gasteiger partial charge in [-0.25, -0.2) is 9.97 Å². The molecule has 0 bridgehead atoms. The Morgan fingerprint density at radius 3 is 2.83 bits per heavy atom. The molecule has 148 valence electrons. The van der Waals surface area contributed by atoms with E-state index in [2.05, 4.69) is 4.98 Å². The molecule has 4 aromatic rings. The molecule has 1 fully saturated rings. The van der Waals surface area contributed by atoms with Crippen molar-refractivity contribution in [2.75, 3.05) is 25.2 Å². The summed E-state index contributed by atoms with van der Waals surface area (Å²) in [6.45, 7) is 1.21. The predicted molar refractivity (Wildman–Crippen MR) is 116 cm³/mol. The van der Waals surface area contributed by atoms with Gasteiger partial charge in [-0.15, -0.1) is 11.3 Å². The smallest absolute Gasteiger partial charge is 0.289 e. The van der Waals surface area contributed by atoms with Crippen molar-refractivity contribution < 1.29 is 14.3 Å². The number of benzene rings is 2. The normalized spacial score (nSPS) is 16.5. The molecule has 0 spiro atoms. The first-order valence-corrected chi connectivity index (χ1v) is 11.1. The first-order chi connectivity index (χ1) is 14.2. The van der Waals surface area contributed by atoms with Crippen LogP contribution in [-0.2, 0) is 4.74 Å². The molecule has 3 heterocycles. The number of carbonyl (C=O) groups excluding carboxylic acids is 1. The molecule has 6 nitrogen and oxygen atoms in total. The van der Waals surface area contributed by atoms with Gasteiger partial charge in [-0.1, -0.05) is 29.5 Å². The van der Waals surface area contributed by atoms with Crippen molar-refractivity contribution in [2.24, 2.45) is 0 Å². The quantitative estimate of drug-likeness (QED) is 0.462. The van der Waals surface area contributed by atoms with E-state index in [1.807, 2.05) is 42.5 Å². The van der Waals surface area contributed by atoms with E-state index < -0.39 is 0 Å². The van der Waals surface area contributed by atoms with Crippen molar-refractivity contribution in [1.82, 2.24) is 9.97 Å². The van der Waals surface area contributed by atoms with Crippen LogP contribution in [0.2, 0.25) is 0 Å². The van der Waals surface area contributed by atoms with Gasteiger partial charge in [-0.2, -0.15) is 0 Å². The van der Waals surface area contributed by atoms with Crippen molar-refractivity contribution in [3.63, 3.8) is 0 Å². The average Bonchev–Trinajstić information content (AvgIpc) is 3.49. The summed E-state index contributed by atoms with van der Waals surface area (Å²) in [4.78, 5) is 24.5. The molecule has 8 heteroatoms. The third kappa shape index (κ3) is 3.48. The number of hydrogen-bond donors (Lipinski definition) is 0. The lowest BCUT2D eigenvalue weighted by molar-refractivity contribution is 0.0917. The fraction of sp³-hybridized carbons (Fsp3) is 0.286. The van der Waals surface area contributed by atoms with Gasteiger partial charge >= 0.3 is 0 Å². The number of carbonyl (C=O) groups is 1. The van der Waals surface area contributed by atoms with Crippen LogP contribution in [0.5, 0.6) is 5.75 Å². The van der Waals surface area contributed by atoms with Gasteiger partial charge in [-0.05, 0) is 37.1 Å². The number of para-hydroxylation sites is 2. The number of rotatable bonds is 5. The molecule has 0 saturated carbocycles. The number of thiazole rings is 2. The van der Waals surface area contributed by atoms with E-state index in [-0.39, 0.29) is 12.0 Å². The Morgan fingerprint density at radius 2 is 2.03 bits per heavy atom. The van der Waals surface area contributed by atoms with Crippen LogP contribution >= 0.6 is 22.7 Å². The Balaban J connectivity index is 1.56. The number of aromatic nitrogens is 2. The van der Waals surface area contributed by atoms with Crippen LogP contribution in [0, 0.1) is 0 Å². The summed E-state index contributed by atoms with van der Waals surface area (Å²) >= 11 is 2.89. The third-order valence-electron chi connectivity index (χ3n) is 4.95. The highest BCUT2D eigenvalue weighted by Crippen LogP contribution is 2.35. The van der Waals surface area contributed by atoms with Crippen LogP contribution < -0.4 is 9.64 Å². The number of hydrogen-bond acceptors (Lipinski definition) is 7. The summed E-state index contributed by atoms with van der Waals surface area (Å²) in [7, 11) is 1.63. The number of nitrogens with zero attached hydrogens (tertiary/aromatic N) is 3. The van der Waals surface area contributed by atoms with E-state index in [4.69, 9.17) is 14.5 Å². The molecule has 1 amide bonds. The fourth-order valence-electron chi connectivity index (χ4n) is 3.51. The van der Waals surface area contributed by atoms with Gasteiger partial charge in [-0.3, -0.25) is 9.69 Å². The zero-order valence-corrected chi connectivity index (χ0v) is 17.5. The summed E-state index contributed by atoms with van der Waals surface area (Å²) in [6, 6.07) is 13.6. The third-order valence-corrected chi connectivity index (χ3v) is 7.02. The van der Waals surface area contributed by atoms with Gasteiger partial charge in [0.2, 0.25) is 0 Å². The zero-order chi connectivity index (χ0) is 19.8. The molecule has 1 atom stereocenters. The summed E-state index contributed by atoms with van der Waals surface area (Å²) in [5.41, 5.74) is 1.60. The summed E-state index contributed by atoms with van der Waals surface area (Å²) in [6.07, 6.45) is 1.97. The second-order valence-electron chi connectivity index (χ2n) is 6.84. The van der Waals surface area contributed by atoms with Crippen molar-refractivity contribution in [3.8, 4) is 5.75 Å². The minimum absolute atomic E-state index is 0.0160. The van der Waals surface area contributed by atoms with Crippen molar-refractivity contribution in [1.29, 1.82) is 0 Å². The highest BCUT2D eigenvalue weighted by molar-refractivity contribution is 7.23. The second kappa shape index (κ2) is 7.70. The number of anilines is 1. The van der Waals surface area contributed by atoms with E-state index >= 15 is 0 Å². The molecule has 1 aliphatic rings. The molecule has 5 rings (SSSR count). The van der Waals surface area contributed by atoms with Crippen LogP contribution in [0.25, 0.3) is 20.4 Å². The molecular formula is C21H19N3O3S2. The van der Waals surface area contributed by atoms with Crippen LogP contribution in [0.1, 0.15) is 22.6 Å². The summed E-state index contributed by atoms with van der Waals surface area (Å²) in [5, 5.41) is 1.11. The standard InChI is InChI=1S/C21H19N3O3S2/c1-26-15-8-4-10-17-18(15)23-21(29-17)24(12-13-6-5-11-27-13)20(25)19-22-14-7-2-3-9-16(14)28-19/h2-4,7-10,13H,5-6,11-12H2,1H3. The molecule has 29 heavy (non-hydrogen) atoms. The van der Waals surface area contributed by atoms with Crippen molar-refractivity contribution in [3.05, 3.63) is 47.5 Å². The topological polar surface area (TPSA) is 64.6 Å². The molecule has 0 N–H and O–H groups in total. The van der Waals surface area contributed by atoms with Crippen molar-refractivity contribution in [2.45, 2.75) is 18.9 Å². The second-order valence-corrected chi connectivity index (χ2v) is 8.88. The Labute approximate surface area is 175 Å². The van der Waals surface area contributed by atoms with E-state index in [0.29, 0.717) is 22.4 Å². The number of methoxy groups -OCH3 is 1. The maximum atomic E-state index is 13.5. The molecule has 1 saturated heterocycles. The Bertz CT molecular complexity index is 1150. The van der Waals surface area contributed by atoms with Gasteiger partial charge in [0, 0.05) is 6.61 Å². The van der Waals surface area contributed by atoms with Crippen LogP contribution in [0.4, 0.5) is 5.13 Å². The van der Waals surface area contributed by atoms with Crippen LogP contribution in [0.15, 0.2) is 42.5 Å². The Morgan fingerprint density at radius 1 is 1.17 bits per heavy atom. The van der Waals surface area contributed by atoms with Gasteiger partial charge < -0.3 is 9.47 Å². The monoisotopic (exact) mass is 425 g/mol. The van der Waals surface area contributed by atoms with E-state index in [0.717, 1.165) is 39.9 Å². The maximum absolute atomic E-state index is 13.5. The number of amides is 1. The number of ether oxygens (including phenoxy) is 2. The highest BCUT2D eigenvalue weighted by Gasteiger charge is 2.29. The van der Waals surface area contributed by atoms with Crippen molar-refractivity contribution >= 4 is 54.1 Å². The molecule has 2 aromatic carbocycles. The zero-order valence-electron chi connectivity index (χ0n) is 15.8. The first kappa shape index (κ1) is 18.5. The fourth-order valence-corrected chi connectivity index (χ4v) is 5.42. The molecule has 2 aromatic heterocycles. The molecule has 1 aliphatic heterocycles. The lowest BCUT2D eigenvalue weighted by atomic mass is 10.2. The molecule has 1 unspecified atom stereocenters. The average molecular weight is 426 g/mol. The SMILES string of the molecule is COc1cccc2sc(N(CC3CCCO3)C(=O)c3nc4ccccc4s3)nc12. The largest absolute Gasteiger partial charge is 0.494 e. The van der Waals surface area contributed by atoms with Gasteiger partial charge in [0.25, 0.3) is 5.91 Å². The number of fused-ring (bicyclic) bond motifs is 2. The molecular weight excluding hydrogens is 406 g/mol. The van der Waals surface area contributed by atoms with E-state index in [1.165, 1.54) is 22.7 Å². The molecule has 0 radical (unpaired) electrons. The van der Waals surface area contributed by atoms with Crippen LogP contribution in [0.3, 0.4) is 0 Å². The van der Waals surface area contributed by atoms with Gasteiger partial charge in [0.1, 0.15) is 11.3 Å². The maximum Gasteiger partial charge on any atom is 0.289 e. The summed E-state index contributed by atoms with van der Waals surface area (Å²) in [5.74, 6) is 0.564. The van der Waals surface area contributed by atoms with Gasteiger partial charge in [0.05, 0.1) is 34.7 Å². The lowest BCUT2D eigenvalue weighted by Gasteiger charge is -2.22. The summed E-state index contributed by atoms with van der Waals surface area (Å²) < 4.78 is 13.2. The Kier molecular flexibility index (Phi) is 4.91. The Hall–Kier alpha value is -2.55. The first-order valence-electron chi connectivity index (χ1n) is 9.45. The minimum Gasteiger partial charge on any atom is -0.494 e. The molecule has 0 aliphatic carbocycles. The van der Waals surface area contributed by atoms with E-state index in [1.54, 1.807) is 12.0 Å².